The topological polar surface area (TPSA) is 154 Å². The molecule has 4 atom stereocenters. The molecular weight excluding hydrogens is 532 g/mol. The van der Waals surface area contributed by atoms with Crippen LogP contribution in [0.2, 0.25) is 0 Å². The highest BCUT2D eigenvalue weighted by Crippen LogP contribution is 2.27. The van der Waals surface area contributed by atoms with E-state index < -0.39 is 23.8 Å². The van der Waals surface area contributed by atoms with Crippen LogP contribution in [0.3, 0.4) is 0 Å². The second kappa shape index (κ2) is 16.2. The van der Waals surface area contributed by atoms with Gasteiger partial charge in [-0.1, -0.05) is 66.8 Å². The first-order valence-corrected chi connectivity index (χ1v) is 15.3. The predicted octanol–water partition coefficient (Wildman–Crippen LogP) is 2.44. The minimum Gasteiger partial charge on any atom is -0.363 e. The first kappa shape index (κ1) is 35.7. The molecular formula is C28H52N6O5S. The van der Waals surface area contributed by atoms with Gasteiger partial charge in [-0.3, -0.25) is 19.2 Å². The van der Waals surface area contributed by atoms with Gasteiger partial charge < -0.3 is 26.6 Å². The molecule has 2 heterocycles. The van der Waals surface area contributed by atoms with Crippen molar-refractivity contribution in [1.82, 2.24) is 25.2 Å². The minimum atomic E-state index is -1.01. The number of ketones is 1. The molecule has 230 valence electrons. The standard InChI is InChI=1S/C21H40N4O2S.C7H12N2O3/c1-15-10-8-12-25(15)18(26)17(21(5,6)7)23-19(27)22-16(20(2,3)4)14-24-11-9-13-28-24;1-2-3-5(9-4-10)6(11)7(8)12/h15-17H,8-14H2,1-7H3,(H2,22,23,27);4-5H,2-3H2,1H3,(H2,8,12)(H,9,10). The van der Waals surface area contributed by atoms with Gasteiger partial charge in [-0.15, -0.1) is 0 Å². The fourth-order valence-electron chi connectivity index (χ4n) is 4.62. The summed E-state index contributed by atoms with van der Waals surface area (Å²) >= 11 is 1.85. The third kappa shape index (κ3) is 11.6. The molecule has 0 aromatic carbocycles. The number of amides is 5. The van der Waals surface area contributed by atoms with Gasteiger partial charge in [-0.25, -0.2) is 9.10 Å². The van der Waals surface area contributed by atoms with Crippen molar-refractivity contribution >= 4 is 42.0 Å². The van der Waals surface area contributed by atoms with Gasteiger partial charge in [0.1, 0.15) is 6.04 Å². The third-order valence-electron chi connectivity index (χ3n) is 7.19. The van der Waals surface area contributed by atoms with Crippen LogP contribution in [-0.4, -0.2) is 88.8 Å². The SMILES string of the molecule is CC1CCCN1C(=O)C(NC(=O)NC(CN1CCCS1)C(C)(C)C)C(C)(C)C.CCCC(NC=O)C(=O)C(N)=O. The lowest BCUT2D eigenvalue weighted by molar-refractivity contribution is -0.137. The molecule has 0 spiro atoms. The zero-order chi connectivity index (χ0) is 30.7. The predicted molar refractivity (Wildman–Crippen MR) is 159 cm³/mol. The summed E-state index contributed by atoms with van der Waals surface area (Å²) in [6, 6.07) is -1.28. The van der Waals surface area contributed by atoms with Crippen LogP contribution in [0.15, 0.2) is 0 Å². The molecule has 2 aliphatic heterocycles. The Hall–Kier alpha value is -2.34. The molecule has 40 heavy (non-hydrogen) atoms. The van der Waals surface area contributed by atoms with Crippen molar-refractivity contribution < 1.29 is 24.0 Å². The minimum absolute atomic E-state index is 0.0135. The summed E-state index contributed by atoms with van der Waals surface area (Å²) < 4.78 is 2.34. The molecule has 2 fully saturated rings. The van der Waals surface area contributed by atoms with E-state index in [-0.39, 0.29) is 34.9 Å². The first-order valence-electron chi connectivity index (χ1n) is 14.3. The van der Waals surface area contributed by atoms with E-state index >= 15 is 0 Å². The van der Waals surface area contributed by atoms with Gasteiger partial charge in [-0.05, 0) is 43.4 Å². The monoisotopic (exact) mass is 584 g/mol. The molecule has 2 aliphatic rings. The van der Waals surface area contributed by atoms with Crippen LogP contribution in [0.25, 0.3) is 0 Å². The van der Waals surface area contributed by atoms with Crippen molar-refractivity contribution in [3.63, 3.8) is 0 Å². The van der Waals surface area contributed by atoms with Crippen molar-refractivity contribution in [2.45, 2.75) is 112 Å². The average Bonchev–Trinajstić information content (AvgIpc) is 3.52. The van der Waals surface area contributed by atoms with Gasteiger partial charge in [0.25, 0.3) is 5.91 Å². The van der Waals surface area contributed by atoms with Gasteiger partial charge in [0, 0.05) is 37.5 Å². The van der Waals surface area contributed by atoms with Crippen LogP contribution in [0, 0.1) is 10.8 Å². The second-order valence-corrected chi connectivity index (χ2v) is 14.0. The van der Waals surface area contributed by atoms with Crippen LogP contribution in [0.1, 0.15) is 87.5 Å². The Morgan fingerprint density at radius 1 is 1.02 bits per heavy atom. The van der Waals surface area contributed by atoms with E-state index in [9.17, 15) is 24.0 Å². The summed E-state index contributed by atoms with van der Waals surface area (Å²) in [5, 5.41) is 8.42. The van der Waals surface area contributed by atoms with Crippen LogP contribution in [0.4, 0.5) is 4.79 Å². The molecule has 5 N–H and O–H groups in total. The maximum absolute atomic E-state index is 13.2. The number of carbonyl (C=O) groups excluding carboxylic acids is 5. The zero-order valence-electron chi connectivity index (χ0n) is 25.7. The lowest BCUT2D eigenvalue weighted by atomic mass is 9.85. The van der Waals surface area contributed by atoms with E-state index in [0.29, 0.717) is 19.3 Å². The van der Waals surface area contributed by atoms with Gasteiger partial charge in [0.15, 0.2) is 0 Å². The highest BCUT2D eigenvalue weighted by molar-refractivity contribution is 7.97. The zero-order valence-corrected chi connectivity index (χ0v) is 26.5. The quantitative estimate of drug-likeness (QED) is 0.165. The molecule has 4 unspecified atom stereocenters. The number of hydrogen-bond acceptors (Lipinski definition) is 7. The fourth-order valence-corrected chi connectivity index (χ4v) is 5.65. The summed E-state index contributed by atoms with van der Waals surface area (Å²) in [6.45, 7) is 19.1. The Balaban J connectivity index is 0.000000562. The molecule has 11 nitrogen and oxygen atoms in total. The van der Waals surface area contributed by atoms with E-state index in [1.54, 1.807) is 0 Å². The van der Waals surface area contributed by atoms with Gasteiger partial charge in [0.05, 0.1) is 6.04 Å². The van der Waals surface area contributed by atoms with Crippen molar-refractivity contribution in [2.75, 3.05) is 25.4 Å². The highest BCUT2D eigenvalue weighted by Gasteiger charge is 2.39. The summed E-state index contributed by atoms with van der Waals surface area (Å²) in [6.07, 6.45) is 4.79. The van der Waals surface area contributed by atoms with Crippen molar-refractivity contribution in [3.8, 4) is 0 Å². The summed E-state index contributed by atoms with van der Waals surface area (Å²) in [5.41, 5.74) is 4.34. The molecule has 2 rings (SSSR count). The Kier molecular flexibility index (Phi) is 14.4. The number of nitrogens with one attached hydrogen (secondary N) is 3. The van der Waals surface area contributed by atoms with Crippen LogP contribution < -0.4 is 21.7 Å². The molecule has 12 heteroatoms. The lowest BCUT2D eigenvalue weighted by Crippen LogP contribution is -2.60. The number of hydrogen-bond donors (Lipinski definition) is 4. The Morgan fingerprint density at radius 3 is 2.10 bits per heavy atom. The van der Waals surface area contributed by atoms with E-state index in [1.807, 2.05) is 44.5 Å². The fraction of sp³-hybridized carbons (Fsp3) is 0.821. The van der Waals surface area contributed by atoms with Gasteiger partial charge in [-0.2, -0.15) is 0 Å². The molecule has 0 bridgehead atoms. The smallest absolute Gasteiger partial charge is 0.315 e. The number of rotatable bonds is 11. The number of carbonyl (C=O) groups is 5. The maximum atomic E-state index is 13.2. The summed E-state index contributed by atoms with van der Waals surface area (Å²) in [5.74, 6) is -0.570. The number of nitrogens with two attached hydrogens (primary N) is 1. The molecule has 0 radical (unpaired) electrons. The Morgan fingerprint density at radius 2 is 1.68 bits per heavy atom. The number of urea groups is 1. The third-order valence-corrected chi connectivity index (χ3v) is 8.36. The maximum Gasteiger partial charge on any atom is 0.315 e. The number of Topliss-reactive ketones (excluding diaryl/α,β-unsaturated/α-hetero) is 1. The van der Waals surface area contributed by atoms with E-state index in [4.69, 9.17) is 5.73 Å². The highest BCUT2D eigenvalue weighted by atomic mass is 32.2. The second-order valence-electron chi connectivity index (χ2n) is 12.8. The van der Waals surface area contributed by atoms with Crippen LogP contribution >= 0.6 is 11.9 Å². The molecule has 2 saturated heterocycles. The molecule has 0 aromatic heterocycles. The first-order chi connectivity index (χ1) is 18.5. The Bertz CT molecular complexity index is 866. The molecule has 0 aromatic rings. The molecule has 0 aliphatic carbocycles. The van der Waals surface area contributed by atoms with Crippen molar-refractivity contribution in [1.29, 1.82) is 0 Å². The lowest BCUT2D eigenvalue weighted by Gasteiger charge is -2.37. The van der Waals surface area contributed by atoms with E-state index in [2.05, 4.69) is 48.0 Å². The van der Waals surface area contributed by atoms with Crippen molar-refractivity contribution in [3.05, 3.63) is 0 Å². The summed E-state index contributed by atoms with van der Waals surface area (Å²) in [4.78, 5) is 59.3. The molecule has 0 saturated carbocycles. The number of nitrogens with zero attached hydrogens (tertiary/aromatic N) is 2. The average molecular weight is 585 g/mol. The van der Waals surface area contributed by atoms with Gasteiger partial charge >= 0.3 is 6.03 Å². The van der Waals surface area contributed by atoms with Crippen LogP contribution in [-0.2, 0) is 19.2 Å². The Labute approximate surface area is 244 Å². The van der Waals surface area contributed by atoms with Crippen molar-refractivity contribution in [2.24, 2.45) is 16.6 Å². The number of likely N-dealkylation sites (tertiary alicyclic amines) is 1. The number of primary amides is 1. The normalized spacial score (nSPS) is 20.0. The van der Waals surface area contributed by atoms with E-state index in [0.717, 1.165) is 38.2 Å². The molecule has 5 amide bonds. The largest absolute Gasteiger partial charge is 0.363 e. The van der Waals surface area contributed by atoms with Gasteiger partial charge in [0.2, 0.25) is 18.1 Å². The van der Waals surface area contributed by atoms with E-state index in [1.165, 1.54) is 6.42 Å². The van der Waals surface area contributed by atoms with Crippen LogP contribution in [0.5, 0.6) is 0 Å². The summed E-state index contributed by atoms with van der Waals surface area (Å²) in [7, 11) is 0.